The van der Waals surface area contributed by atoms with Gasteiger partial charge in [0.05, 0.1) is 33.4 Å². The highest BCUT2D eigenvalue weighted by Gasteiger charge is 2.34. The fraction of sp³-hybridized carbons (Fsp3) is 0.397. The number of ether oxygens (including phenoxy) is 1. The van der Waals surface area contributed by atoms with Crippen LogP contribution >= 0.6 is 11.3 Å². The van der Waals surface area contributed by atoms with Crippen LogP contribution < -0.4 is 20.3 Å². The molecule has 0 radical (unpaired) electrons. The van der Waals surface area contributed by atoms with E-state index in [0.717, 1.165) is 113 Å². The lowest BCUT2D eigenvalue weighted by Gasteiger charge is -2.33. The third-order valence-corrected chi connectivity index (χ3v) is 16.8. The third kappa shape index (κ3) is 10.1. The quantitative estimate of drug-likeness (QED) is 0.0699. The van der Waals surface area contributed by atoms with Crippen LogP contribution in [0.15, 0.2) is 91.0 Å². The molecular formula is C58H62N8O6S. The summed E-state index contributed by atoms with van der Waals surface area (Å²) in [6.07, 6.45) is 11.8. The Labute approximate surface area is 429 Å². The molecule has 2 saturated heterocycles. The lowest BCUT2D eigenvalue weighted by molar-refractivity contribution is -0.134. The first kappa shape index (κ1) is 48.3. The summed E-state index contributed by atoms with van der Waals surface area (Å²) in [5, 5.41) is 22.5. The van der Waals surface area contributed by atoms with E-state index in [0.29, 0.717) is 66.3 Å². The Bertz CT molecular complexity index is 3220. The second-order valence-corrected chi connectivity index (χ2v) is 21.5. The Morgan fingerprint density at radius 2 is 1.70 bits per heavy atom. The number of pyridine rings is 1. The fourth-order valence-corrected chi connectivity index (χ4v) is 12.9. The number of para-hydroxylation sites is 2. The molecule has 3 aromatic heterocycles. The zero-order valence-corrected chi connectivity index (χ0v) is 42.4. The smallest absolute Gasteiger partial charge is 0.355 e. The average Bonchev–Trinajstić information content (AvgIpc) is 3.98. The molecule has 4 aliphatic rings. The Hall–Kier alpha value is -6.97. The molecule has 1 saturated carbocycles. The normalized spacial score (nSPS) is 20.5. The fourth-order valence-electron chi connectivity index (χ4n) is 12.1. The number of carbonyl (C=O) groups excluding carboxylic acids is 3. The molecule has 0 unspecified atom stereocenters. The number of nitrogens with zero attached hydrogens (tertiary/aromatic N) is 6. The standard InChI is InChI=1S/C58H62N8O6S/c1-35-40(42-25-27-50(60-53(42)57(70)71)66-32-29-37-12-7-16-43(46(37)34-66)55(68)62-58-59-47-18-3-4-20-49(47)73-58)14-9-19-48(35)72-39-23-21-36(22-24-39)11-5-6-30-65-31-10-13-38(33-65)41-15-8-17-44-52(63-64(2)54(41)44)45-26-28-51(67)61-56(45)69/h3-4,7-9,12,14-20,25,27,36,38-39,45H,5-6,10-11,13,21-24,26,28-34H2,1-2H3,(H,70,71)(H,59,62,68)(H,61,67,69)/t36?,38-,39?,45+/m1/s1. The predicted molar refractivity (Wildman–Crippen MR) is 285 cm³/mol. The van der Waals surface area contributed by atoms with Crippen molar-refractivity contribution in [1.82, 2.24) is 30.0 Å². The first-order valence-electron chi connectivity index (χ1n) is 26.1. The Balaban J connectivity index is 0.674. The number of carbonyl (C=O) groups is 4. The zero-order chi connectivity index (χ0) is 50.2. The van der Waals surface area contributed by atoms with Crippen LogP contribution in [0.25, 0.3) is 32.2 Å². The van der Waals surface area contributed by atoms with E-state index in [-0.39, 0.29) is 29.5 Å². The van der Waals surface area contributed by atoms with Gasteiger partial charge in [0, 0.05) is 49.6 Å². The first-order valence-corrected chi connectivity index (χ1v) is 26.9. The number of imide groups is 1. The van der Waals surface area contributed by atoms with Gasteiger partial charge in [0.25, 0.3) is 5.91 Å². The summed E-state index contributed by atoms with van der Waals surface area (Å²) in [6.45, 7) is 6.28. The molecule has 14 nitrogen and oxygen atoms in total. The van der Waals surface area contributed by atoms with Crippen LogP contribution in [0.2, 0.25) is 0 Å². The van der Waals surface area contributed by atoms with E-state index >= 15 is 0 Å². The number of hydrogen-bond donors (Lipinski definition) is 3. The molecule has 3 N–H and O–H groups in total. The minimum absolute atomic E-state index is 0.0181. The Kier molecular flexibility index (Phi) is 13.8. The minimum Gasteiger partial charge on any atom is -0.490 e. The van der Waals surface area contributed by atoms with Crippen LogP contribution in [-0.2, 0) is 29.6 Å². The summed E-state index contributed by atoms with van der Waals surface area (Å²) in [6, 6.07) is 29.6. The van der Waals surface area contributed by atoms with Crippen LogP contribution in [0.1, 0.15) is 131 Å². The summed E-state index contributed by atoms with van der Waals surface area (Å²) in [5.41, 5.74) is 8.78. The summed E-state index contributed by atoms with van der Waals surface area (Å²) in [7, 11) is 1.97. The number of rotatable bonds is 14. The number of piperidine rings is 2. The van der Waals surface area contributed by atoms with Crippen molar-refractivity contribution >= 4 is 67.1 Å². The number of likely N-dealkylation sites (tertiary alicyclic amines) is 1. The van der Waals surface area contributed by atoms with Crippen LogP contribution in [-0.4, -0.2) is 85.7 Å². The second kappa shape index (κ2) is 20.9. The zero-order valence-electron chi connectivity index (χ0n) is 41.6. The molecule has 4 aromatic carbocycles. The Morgan fingerprint density at radius 3 is 2.53 bits per heavy atom. The van der Waals surface area contributed by atoms with E-state index in [4.69, 9.17) is 14.8 Å². The van der Waals surface area contributed by atoms with Gasteiger partial charge < -0.3 is 19.6 Å². The van der Waals surface area contributed by atoms with Crippen molar-refractivity contribution in [3.63, 3.8) is 0 Å². The number of anilines is 2. The van der Waals surface area contributed by atoms with Crippen molar-refractivity contribution < 1.29 is 29.0 Å². The van der Waals surface area contributed by atoms with Crippen molar-refractivity contribution in [2.45, 2.75) is 108 Å². The number of aromatic carboxylic acids is 1. The van der Waals surface area contributed by atoms with E-state index in [1.807, 2.05) is 85.4 Å². The van der Waals surface area contributed by atoms with E-state index in [1.54, 1.807) is 0 Å². The van der Waals surface area contributed by atoms with Gasteiger partial charge in [-0.3, -0.25) is 29.7 Å². The molecule has 1 aliphatic carbocycles. The van der Waals surface area contributed by atoms with Gasteiger partial charge in [0.1, 0.15) is 11.6 Å². The molecular weight excluding hydrogens is 937 g/mol. The maximum Gasteiger partial charge on any atom is 0.355 e. The van der Waals surface area contributed by atoms with Crippen molar-refractivity contribution in [2.24, 2.45) is 13.0 Å². The molecule has 376 valence electrons. The average molecular weight is 999 g/mol. The van der Waals surface area contributed by atoms with Gasteiger partial charge >= 0.3 is 5.97 Å². The van der Waals surface area contributed by atoms with Gasteiger partial charge in [-0.1, -0.05) is 78.8 Å². The van der Waals surface area contributed by atoms with Crippen molar-refractivity contribution in [3.8, 4) is 16.9 Å². The summed E-state index contributed by atoms with van der Waals surface area (Å²) in [5.74, 6) is 0.228. The lowest BCUT2D eigenvalue weighted by atomic mass is 9.84. The van der Waals surface area contributed by atoms with Crippen LogP contribution in [0.4, 0.5) is 10.9 Å². The second-order valence-electron chi connectivity index (χ2n) is 20.5. The Morgan fingerprint density at radius 1 is 0.863 bits per heavy atom. The molecule has 0 spiro atoms. The molecule has 3 amide bonds. The number of aromatic nitrogens is 4. The van der Waals surface area contributed by atoms with E-state index < -0.39 is 11.9 Å². The predicted octanol–water partition coefficient (Wildman–Crippen LogP) is 10.6. The highest BCUT2D eigenvalue weighted by molar-refractivity contribution is 7.22. The van der Waals surface area contributed by atoms with Crippen LogP contribution in [0, 0.1) is 12.8 Å². The van der Waals surface area contributed by atoms with Gasteiger partial charge in [-0.05, 0) is 154 Å². The number of benzene rings is 4. The number of fused-ring (bicyclic) bond motifs is 3. The molecule has 3 fully saturated rings. The van der Waals surface area contributed by atoms with E-state index in [9.17, 15) is 24.3 Å². The molecule has 2 atom stereocenters. The summed E-state index contributed by atoms with van der Waals surface area (Å²) < 4.78 is 9.65. The van der Waals surface area contributed by atoms with Crippen LogP contribution in [0.3, 0.4) is 0 Å². The highest BCUT2D eigenvalue weighted by Crippen LogP contribution is 2.39. The van der Waals surface area contributed by atoms with Gasteiger partial charge in [-0.15, -0.1) is 0 Å². The van der Waals surface area contributed by atoms with E-state index in [2.05, 4.69) is 49.7 Å². The minimum atomic E-state index is -1.10. The molecule has 7 aromatic rings. The molecule has 6 heterocycles. The van der Waals surface area contributed by atoms with Crippen LogP contribution in [0.5, 0.6) is 5.75 Å². The number of hydrogen-bond acceptors (Lipinski definition) is 11. The van der Waals surface area contributed by atoms with Crippen molar-refractivity contribution in [1.29, 1.82) is 0 Å². The SMILES string of the molecule is Cc1c(OC2CCC(CCCCN3CCC[C@@H](c4cccc5c([C@@H]6CCC(=O)NC6=O)nn(C)c45)C3)CC2)cccc1-c1ccc(N2CCc3cccc(C(=O)Nc4nc5ccccc5s4)c3C2)nc1C(=O)O. The monoisotopic (exact) mass is 998 g/mol. The molecule has 0 bridgehead atoms. The van der Waals surface area contributed by atoms with Crippen molar-refractivity contribution in [2.75, 3.05) is 36.4 Å². The van der Waals surface area contributed by atoms with Gasteiger partial charge in [-0.25, -0.2) is 14.8 Å². The number of thiazole rings is 1. The number of unbranched alkanes of at least 4 members (excludes halogenated alkanes) is 1. The lowest BCUT2D eigenvalue weighted by Crippen LogP contribution is -2.39. The van der Waals surface area contributed by atoms with E-state index in [1.165, 1.54) is 36.2 Å². The number of aryl methyl sites for hydroxylation is 1. The molecule has 15 heteroatoms. The molecule has 11 rings (SSSR count). The topological polar surface area (TPSA) is 172 Å². The molecule has 73 heavy (non-hydrogen) atoms. The number of amides is 3. The first-order chi connectivity index (χ1) is 35.5. The number of carboxylic acids is 1. The maximum atomic E-state index is 13.7. The van der Waals surface area contributed by atoms with Gasteiger partial charge in [0.2, 0.25) is 11.8 Å². The number of carboxylic acid groups (broad SMARTS) is 1. The van der Waals surface area contributed by atoms with Gasteiger partial charge in [0.15, 0.2) is 10.8 Å². The summed E-state index contributed by atoms with van der Waals surface area (Å²) >= 11 is 1.44. The van der Waals surface area contributed by atoms with Gasteiger partial charge in [-0.2, -0.15) is 5.10 Å². The maximum absolute atomic E-state index is 13.7. The largest absolute Gasteiger partial charge is 0.490 e. The van der Waals surface area contributed by atoms with Crippen molar-refractivity contribution in [3.05, 3.63) is 130 Å². The number of nitrogens with one attached hydrogen (secondary N) is 2. The highest BCUT2D eigenvalue weighted by atomic mass is 32.1. The third-order valence-electron chi connectivity index (χ3n) is 15.9. The molecule has 3 aliphatic heterocycles. The summed E-state index contributed by atoms with van der Waals surface area (Å²) in [4.78, 5) is 65.3.